The molecule has 1 rings (SSSR count). The zero-order chi connectivity index (χ0) is 14.5. The number of alkyl halides is 3. The lowest BCUT2D eigenvalue weighted by Gasteiger charge is -2.20. The highest BCUT2D eigenvalue weighted by atomic mass is 19.4. The first-order valence-corrected chi connectivity index (χ1v) is 5.87. The van der Waals surface area contributed by atoms with Gasteiger partial charge < -0.3 is 9.84 Å². The summed E-state index contributed by atoms with van der Waals surface area (Å²) in [4.78, 5) is 10.4. The van der Waals surface area contributed by atoms with Crippen LogP contribution in [0.3, 0.4) is 0 Å². The summed E-state index contributed by atoms with van der Waals surface area (Å²) < 4.78 is 42.5. The Morgan fingerprint density at radius 1 is 1.32 bits per heavy atom. The molecule has 0 aromatic heterocycles. The van der Waals surface area contributed by atoms with Crippen LogP contribution < -0.4 is 4.74 Å². The number of carboxylic acids is 1. The van der Waals surface area contributed by atoms with Gasteiger partial charge in [0.25, 0.3) is 0 Å². The first kappa shape index (κ1) is 15.3. The quantitative estimate of drug-likeness (QED) is 0.866. The third-order valence-electron chi connectivity index (χ3n) is 2.47. The summed E-state index contributed by atoms with van der Waals surface area (Å²) in [6, 6.07) is 6.19. The number of rotatable bonds is 6. The zero-order valence-corrected chi connectivity index (χ0v) is 10.4. The van der Waals surface area contributed by atoms with Crippen molar-refractivity contribution in [3.8, 4) is 5.75 Å². The van der Waals surface area contributed by atoms with Crippen molar-refractivity contribution in [3.63, 3.8) is 0 Å². The summed E-state index contributed by atoms with van der Waals surface area (Å²) >= 11 is 0. The smallest absolute Gasteiger partial charge is 0.425 e. The van der Waals surface area contributed by atoms with Gasteiger partial charge in [0, 0.05) is 0 Å². The van der Waals surface area contributed by atoms with Crippen LogP contribution in [0.25, 0.3) is 0 Å². The molecule has 3 nitrogen and oxygen atoms in total. The number of benzene rings is 1. The van der Waals surface area contributed by atoms with Gasteiger partial charge >= 0.3 is 12.1 Å². The summed E-state index contributed by atoms with van der Waals surface area (Å²) in [5.74, 6) is -1.53. The predicted molar refractivity (Wildman–Crippen MR) is 63.2 cm³/mol. The topological polar surface area (TPSA) is 46.5 Å². The molecule has 0 fully saturated rings. The molecule has 0 bridgehead atoms. The van der Waals surface area contributed by atoms with E-state index in [9.17, 15) is 18.0 Å². The zero-order valence-electron chi connectivity index (χ0n) is 10.4. The Morgan fingerprint density at radius 3 is 2.32 bits per heavy atom. The first-order chi connectivity index (χ1) is 8.82. The number of aliphatic carboxylic acids is 1. The molecule has 0 heterocycles. The van der Waals surface area contributed by atoms with Crippen molar-refractivity contribution in [3.05, 3.63) is 29.8 Å². The Morgan fingerprint density at radius 2 is 1.89 bits per heavy atom. The fraction of sp³-hybridized carbons (Fsp3) is 0.462. The van der Waals surface area contributed by atoms with Crippen molar-refractivity contribution in [1.82, 2.24) is 0 Å². The van der Waals surface area contributed by atoms with E-state index in [-0.39, 0.29) is 5.75 Å². The lowest BCUT2D eigenvalue weighted by molar-refractivity contribution is -0.200. The molecule has 6 heteroatoms. The van der Waals surface area contributed by atoms with Crippen LogP contribution in [0.5, 0.6) is 5.75 Å². The van der Waals surface area contributed by atoms with E-state index in [0.29, 0.717) is 0 Å². The molecule has 1 aromatic rings. The van der Waals surface area contributed by atoms with Gasteiger partial charge in [-0.2, -0.15) is 13.2 Å². The summed E-state index contributed by atoms with van der Waals surface area (Å²) in [6.45, 7) is 2.00. The summed E-state index contributed by atoms with van der Waals surface area (Å²) in [7, 11) is 0. The van der Waals surface area contributed by atoms with Crippen molar-refractivity contribution >= 4 is 5.97 Å². The van der Waals surface area contributed by atoms with E-state index in [0.717, 1.165) is 18.4 Å². The van der Waals surface area contributed by atoms with Crippen molar-refractivity contribution < 1.29 is 27.8 Å². The van der Waals surface area contributed by atoms with Crippen LogP contribution in [0.2, 0.25) is 0 Å². The summed E-state index contributed by atoms with van der Waals surface area (Å²) in [5, 5.41) is 8.46. The van der Waals surface area contributed by atoms with E-state index in [1.165, 1.54) is 12.1 Å². The highest BCUT2D eigenvalue weighted by Gasteiger charge is 2.43. The Balaban J connectivity index is 2.76. The number of halogens is 3. The fourth-order valence-corrected chi connectivity index (χ4v) is 1.57. The van der Waals surface area contributed by atoms with E-state index in [2.05, 4.69) is 0 Å². The summed E-state index contributed by atoms with van der Waals surface area (Å²) in [5.41, 5.74) is 0.997. The Labute approximate surface area is 109 Å². The second-order valence-corrected chi connectivity index (χ2v) is 4.14. The molecule has 0 aliphatic carbocycles. The molecule has 0 aliphatic rings. The standard InChI is InChI=1S/C13H15F3O3/c1-2-3-9-4-6-10(7-5-9)19-11(8-12(17)18)13(14,15)16/h4-7,11H,2-3,8H2,1H3,(H,17,18). The van der Waals surface area contributed by atoms with Crippen LogP contribution in [0.15, 0.2) is 24.3 Å². The Kier molecular flexibility index (Phi) is 5.20. The average Bonchev–Trinajstić information content (AvgIpc) is 2.29. The van der Waals surface area contributed by atoms with Crippen LogP contribution in [0, 0.1) is 0 Å². The van der Waals surface area contributed by atoms with E-state index in [1.54, 1.807) is 12.1 Å². The molecular formula is C13H15F3O3. The first-order valence-electron chi connectivity index (χ1n) is 5.87. The van der Waals surface area contributed by atoms with Gasteiger partial charge in [-0.15, -0.1) is 0 Å². The van der Waals surface area contributed by atoms with Crippen LogP contribution in [0.1, 0.15) is 25.3 Å². The Hall–Kier alpha value is -1.72. The number of aryl methyl sites for hydroxylation is 1. The van der Waals surface area contributed by atoms with Crippen LogP contribution in [-0.2, 0) is 11.2 Å². The molecule has 0 saturated heterocycles. The molecule has 0 aliphatic heterocycles. The van der Waals surface area contributed by atoms with Gasteiger partial charge in [0.15, 0.2) is 0 Å². The fourth-order valence-electron chi connectivity index (χ4n) is 1.57. The van der Waals surface area contributed by atoms with E-state index in [4.69, 9.17) is 9.84 Å². The van der Waals surface area contributed by atoms with Crippen LogP contribution in [-0.4, -0.2) is 23.4 Å². The number of ether oxygens (including phenoxy) is 1. The molecule has 106 valence electrons. The predicted octanol–water partition coefficient (Wildman–Crippen LogP) is 3.42. The molecule has 1 aromatic carbocycles. The van der Waals surface area contributed by atoms with Crippen molar-refractivity contribution in [2.75, 3.05) is 0 Å². The molecule has 0 spiro atoms. The third-order valence-corrected chi connectivity index (χ3v) is 2.47. The highest BCUT2D eigenvalue weighted by molar-refractivity contribution is 5.67. The normalized spacial score (nSPS) is 13.1. The third kappa shape index (κ3) is 5.19. The van der Waals surface area contributed by atoms with Gasteiger partial charge in [0.2, 0.25) is 6.10 Å². The van der Waals surface area contributed by atoms with Crippen molar-refractivity contribution in [1.29, 1.82) is 0 Å². The molecule has 1 unspecified atom stereocenters. The number of carbonyl (C=O) groups is 1. The SMILES string of the molecule is CCCc1ccc(OC(CC(=O)O)C(F)(F)F)cc1. The minimum atomic E-state index is -4.71. The maximum atomic E-state index is 12.6. The average molecular weight is 276 g/mol. The molecule has 1 N–H and O–H groups in total. The van der Waals surface area contributed by atoms with E-state index < -0.39 is 24.7 Å². The van der Waals surface area contributed by atoms with Gasteiger partial charge in [0.05, 0.1) is 6.42 Å². The number of hydrogen-bond donors (Lipinski definition) is 1. The number of carboxylic acid groups (broad SMARTS) is 1. The minimum Gasteiger partial charge on any atom is -0.481 e. The van der Waals surface area contributed by atoms with Gasteiger partial charge in [-0.05, 0) is 24.1 Å². The lowest BCUT2D eigenvalue weighted by atomic mass is 10.1. The summed E-state index contributed by atoms with van der Waals surface area (Å²) in [6.07, 6.45) is -6.38. The monoisotopic (exact) mass is 276 g/mol. The largest absolute Gasteiger partial charge is 0.481 e. The van der Waals surface area contributed by atoms with Crippen molar-refractivity contribution in [2.24, 2.45) is 0 Å². The number of hydrogen-bond acceptors (Lipinski definition) is 2. The molecule has 0 saturated carbocycles. The molecule has 19 heavy (non-hydrogen) atoms. The molecule has 1 atom stereocenters. The maximum absolute atomic E-state index is 12.6. The highest BCUT2D eigenvalue weighted by Crippen LogP contribution is 2.27. The lowest BCUT2D eigenvalue weighted by Crippen LogP contribution is -2.36. The molecular weight excluding hydrogens is 261 g/mol. The Bertz CT molecular complexity index is 412. The van der Waals surface area contributed by atoms with Gasteiger partial charge in [-0.1, -0.05) is 25.5 Å². The van der Waals surface area contributed by atoms with E-state index >= 15 is 0 Å². The van der Waals surface area contributed by atoms with Crippen molar-refractivity contribution in [2.45, 2.75) is 38.5 Å². The molecule has 0 amide bonds. The van der Waals surface area contributed by atoms with Gasteiger partial charge in [0.1, 0.15) is 5.75 Å². The minimum absolute atomic E-state index is 0.0171. The maximum Gasteiger partial charge on any atom is 0.425 e. The second kappa shape index (κ2) is 6.45. The van der Waals surface area contributed by atoms with E-state index in [1.807, 2.05) is 6.92 Å². The van der Waals surface area contributed by atoms with Crippen LogP contribution >= 0.6 is 0 Å². The van der Waals surface area contributed by atoms with Gasteiger partial charge in [-0.3, -0.25) is 4.79 Å². The molecule has 0 radical (unpaired) electrons. The van der Waals surface area contributed by atoms with Gasteiger partial charge in [-0.25, -0.2) is 0 Å². The second-order valence-electron chi connectivity index (χ2n) is 4.14. The van der Waals surface area contributed by atoms with Crippen LogP contribution in [0.4, 0.5) is 13.2 Å².